The maximum atomic E-state index is 12.5. The molecule has 5 heterocycles. The number of carboxylic acids is 2. The fourth-order valence-electron chi connectivity index (χ4n) is 6.82. The maximum absolute atomic E-state index is 12.5. The van der Waals surface area contributed by atoms with E-state index in [4.69, 9.17) is 0 Å². The van der Waals surface area contributed by atoms with Crippen LogP contribution in [0.4, 0.5) is 0 Å². The van der Waals surface area contributed by atoms with Gasteiger partial charge in [0.2, 0.25) is 5.91 Å². The van der Waals surface area contributed by atoms with Gasteiger partial charge in [-0.25, -0.2) is 0 Å². The number of thiol groups is 1. The molecule has 45 heavy (non-hydrogen) atoms. The first kappa shape index (κ1) is 32.1. The minimum Gasteiger partial charge on any atom is -0.481 e. The summed E-state index contributed by atoms with van der Waals surface area (Å²) in [5.74, 6) is -2.56. The summed E-state index contributed by atoms with van der Waals surface area (Å²) in [7, 11) is 0. The van der Waals surface area contributed by atoms with Gasteiger partial charge in [0.25, 0.3) is 5.91 Å². The number of rotatable bonds is 11. The van der Waals surface area contributed by atoms with Gasteiger partial charge in [-0.2, -0.15) is 12.6 Å². The molecule has 1 aromatic heterocycles. The Morgan fingerprint density at radius 2 is 1.73 bits per heavy atom. The molecule has 2 saturated heterocycles. The number of carbonyl (C=O) groups is 4. The molecule has 5 rings (SSSR count). The third-order valence-electron chi connectivity index (χ3n) is 9.52. The van der Waals surface area contributed by atoms with Crippen LogP contribution in [0.1, 0.15) is 62.5 Å². The minimum absolute atomic E-state index is 0.0724. The molecule has 0 aliphatic carbocycles. The van der Waals surface area contributed by atoms with Crippen molar-refractivity contribution >= 4 is 48.5 Å². The van der Waals surface area contributed by atoms with Gasteiger partial charge >= 0.3 is 11.9 Å². The van der Waals surface area contributed by atoms with E-state index in [1.807, 2.05) is 45.9 Å². The molecule has 2 fully saturated rings. The highest BCUT2D eigenvalue weighted by molar-refractivity contribution is 7.83. The first-order valence-electron chi connectivity index (χ1n) is 14.9. The third-order valence-corrected chi connectivity index (χ3v) is 9.69. The number of carboxylic acid groups (broad SMARTS) is 2. The second kappa shape index (κ2) is 12.2. The normalized spacial score (nSPS) is 29.4. The van der Waals surface area contributed by atoms with Gasteiger partial charge in [-0.3, -0.25) is 24.5 Å². The molecule has 4 aliphatic rings. The van der Waals surface area contributed by atoms with Crippen LogP contribution in [0.3, 0.4) is 0 Å². The summed E-state index contributed by atoms with van der Waals surface area (Å²) >= 11 is 4.20. The molecule has 0 bridgehead atoms. The number of amides is 2. The number of H-pyrrole nitrogens is 1. The molecular weight excluding hydrogens is 594 g/mol. The van der Waals surface area contributed by atoms with Crippen LogP contribution in [-0.2, 0) is 25.6 Å². The molecule has 1 spiro atoms. The topological polar surface area (TPSA) is 183 Å². The van der Waals surface area contributed by atoms with E-state index in [1.54, 1.807) is 11.5 Å². The zero-order valence-electron chi connectivity index (χ0n) is 25.7. The predicted molar refractivity (Wildman–Crippen MR) is 174 cm³/mol. The summed E-state index contributed by atoms with van der Waals surface area (Å²) in [6.07, 6.45) is 7.60. The van der Waals surface area contributed by atoms with E-state index >= 15 is 0 Å². The largest absolute Gasteiger partial charge is 0.481 e. The minimum atomic E-state index is -0.924. The summed E-state index contributed by atoms with van der Waals surface area (Å²) in [6.45, 7) is 11.4. The number of hydrogen-bond donors (Lipinski definition) is 8. The fraction of sp³-hybridized carbons (Fsp3) is 0.394. The Balaban J connectivity index is 1.55. The van der Waals surface area contributed by atoms with Crippen molar-refractivity contribution in [3.05, 3.63) is 80.3 Å². The molecule has 4 aliphatic heterocycles. The highest BCUT2D eigenvalue weighted by Gasteiger charge is 2.63. The lowest BCUT2D eigenvalue weighted by atomic mass is 9.94. The maximum Gasteiger partial charge on any atom is 0.303 e. The van der Waals surface area contributed by atoms with Crippen LogP contribution in [0.25, 0.3) is 12.2 Å². The Morgan fingerprint density at radius 3 is 2.36 bits per heavy atom. The molecule has 2 amide bonds. The smallest absolute Gasteiger partial charge is 0.303 e. The van der Waals surface area contributed by atoms with Gasteiger partial charge in [-0.05, 0) is 79.0 Å². The Morgan fingerprint density at radius 1 is 1.04 bits per heavy atom. The monoisotopic (exact) mass is 633 g/mol. The van der Waals surface area contributed by atoms with E-state index in [1.165, 1.54) is 0 Å². The van der Waals surface area contributed by atoms with Gasteiger partial charge in [0.05, 0.1) is 12.1 Å². The SMILES string of the molecule is C=CC1=C(C)[C@@H]([C@H]2N[C@]23N/C(=C\c2[nH]c(/C=C4\NC(=O)[C@H](C)[C@H]4/C=C\S)c(C)c2CCC(=O)O)C(CCC(=O)O)=C3C)NC1=O. The number of carbonyl (C=O) groups excluding carboxylic acids is 2. The zero-order chi connectivity index (χ0) is 32.8. The molecule has 7 N–H and O–H groups in total. The van der Waals surface area contributed by atoms with Gasteiger partial charge in [-0.15, -0.1) is 0 Å². The molecule has 1 aromatic rings. The molecule has 0 aromatic carbocycles. The number of hydrogen-bond acceptors (Lipinski definition) is 7. The summed E-state index contributed by atoms with van der Waals surface area (Å²) in [4.78, 5) is 51.6. The van der Waals surface area contributed by atoms with Crippen molar-refractivity contribution in [1.82, 2.24) is 26.3 Å². The highest BCUT2D eigenvalue weighted by atomic mass is 32.1. The summed E-state index contributed by atoms with van der Waals surface area (Å²) in [5.41, 5.74) is 7.06. The number of allylic oxidation sites excluding steroid dienone is 2. The second-order valence-electron chi connectivity index (χ2n) is 12.1. The van der Waals surface area contributed by atoms with Crippen LogP contribution in [-0.4, -0.2) is 56.7 Å². The predicted octanol–water partition coefficient (Wildman–Crippen LogP) is 3.30. The van der Waals surface area contributed by atoms with Gasteiger partial charge < -0.3 is 31.1 Å². The highest BCUT2D eigenvalue weighted by Crippen LogP contribution is 2.47. The molecule has 238 valence electrons. The number of aromatic amines is 1. The van der Waals surface area contributed by atoms with E-state index in [0.717, 1.165) is 33.5 Å². The summed E-state index contributed by atoms with van der Waals surface area (Å²) in [5, 5.41) is 33.7. The van der Waals surface area contributed by atoms with E-state index in [-0.39, 0.29) is 61.4 Å². The number of aliphatic carboxylic acids is 2. The average molecular weight is 634 g/mol. The summed E-state index contributed by atoms with van der Waals surface area (Å²) in [6, 6.07) is -0.444. The zero-order valence-corrected chi connectivity index (χ0v) is 26.6. The van der Waals surface area contributed by atoms with Gasteiger partial charge in [0.1, 0.15) is 5.66 Å². The Bertz CT molecular complexity index is 1660. The lowest BCUT2D eigenvalue weighted by Crippen LogP contribution is -2.40. The Labute approximate surface area is 267 Å². The fourth-order valence-corrected chi connectivity index (χ4v) is 7.01. The first-order valence-corrected chi connectivity index (χ1v) is 15.4. The van der Waals surface area contributed by atoms with Crippen molar-refractivity contribution in [3.63, 3.8) is 0 Å². The average Bonchev–Trinajstić information content (AvgIpc) is 3.26. The van der Waals surface area contributed by atoms with Crippen molar-refractivity contribution < 1.29 is 29.4 Å². The van der Waals surface area contributed by atoms with E-state index in [0.29, 0.717) is 22.7 Å². The van der Waals surface area contributed by atoms with Crippen LogP contribution in [0.2, 0.25) is 0 Å². The van der Waals surface area contributed by atoms with Crippen LogP contribution >= 0.6 is 12.6 Å². The van der Waals surface area contributed by atoms with Gasteiger partial charge in [-0.1, -0.05) is 25.7 Å². The van der Waals surface area contributed by atoms with Crippen LogP contribution in [0.15, 0.2) is 57.8 Å². The molecular formula is C33H39N5O6S. The van der Waals surface area contributed by atoms with Gasteiger partial charge in [0.15, 0.2) is 0 Å². The molecule has 11 nitrogen and oxygen atoms in total. The second-order valence-corrected chi connectivity index (χ2v) is 12.4. The lowest BCUT2D eigenvalue weighted by Gasteiger charge is -2.17. The molecule has 0 radical (unpaired) electrons. The molecule has 0 unspecified atom stereocenters. The van der Waals surface area contributed by atoms with Crippen molar-refractivity contribution in [2.24, 2.45) is 11.8 Å². The summed E-state index contributed by atoms with van der Waals surface area (Å²) < 4.78 is 0. The van der Waals surface area contributed by atoms with E-state index in [9.17, 15) is 29.4 Å². The van der Waals surface area contributed by atoms with Crippen LogP contribution in [0, 0.1) is 18.8 Å². The third kappa shape index (κ3) is 5.80. The van der Waals surface area contributed by atoms with Crippen molar-refractivity contribution in [1.29, 1.82) is 0 Å². The Hall–Kier alpha value is -4.29. The Kier molecular flexibility index (Phi) is 8.74. The quantitative estimate of drug-likeness (QED) is 0.135. The first-order chi connectivity index (χ1) is 21.3. The van der Waals surface area contributed by atoms with Crippen molar-refractivity contribution in [2.45, 2.75) is 71.1 Å². The van der Waals surface area contributed by atoms with Gasteiger partial charge in [0, 0.05) is 53.0 Å². The van der Waals surface area contributed by atoms with Crippen molar-refractivity contribution in [3.8, 4) is 0 Å². The van der Waals surface area contributed by atoms with E-state index < -0.39 is 17.6 Å². The molecule has 5 atom stereocenters. The number of aromatic nitrogens is 1. The van der Waals surface area contributed by atoms with Crippen LogP contribution in [0.5, 0.6) is 0 Å². The number of nitrogens with one attached hydrogen (secondary N) is 5. The van der Waals surface area contributed by atoms with E-state index in [2.05, 4.69) is 45.5 Å². The standard InChI is InChI=1S/C33H39N5O6S/c1-6-19-16(3)29(36-32(19)44)30-33(38-30)18(5)22(8-10-28(41)42)26(37-33)14-24-20(7-9-27(39)40)15(2)23(34-24)13-25-21(11-12-45)17(4)31(43)35-25/h6,11-14,17,21,29-30,34,37-38,45H,1,7-10H2,2-5H3,(H,35,43)(H,36,44)(H,39,40)(H,41,42)/b12-11-,25-13-,26-14-/t17-,21-,29+,30-,33+/m1/s1. The van der Waals surface area contributed by atoms with Crippen LogP contribution < -0.4 is 21.3 Å². The molecule has 0 saturated carbocycles. The van der Waals surface area contributed by atoms with Crippen molar-refractivity contribution in [2.75, 3.05) is 0 Å². The lowest BCUT2D eigenvalue weighted by molar-refractivity contribution is -0.138. The molecule has 12 heteroatoms.